The van der Waals surface area contributed by atoms with Gasteiger partial charge in [-0.3, -0.25) is 4.90 Å². The van der Waals surface area contributed by atoms with E-state index in [-0.39, 0.29) is 0 Å². The van der Waals surface area contributed by atoms with Gasteiger partial charge in [0, 0.05) is 19.1 Å². The fourth-order valence-corrected chi connectivity index (χ4v) is 4.02. The third kappa shape index (κ3) is 3.22. The lowest BCUT2D eigenvalue weighted by molar-refractivity contribution is 0.00658. The number of nitrogens with two attached hydrogens (primary N) is 1. The molecule has 1 aromatic carbocycles. The molecule has 1 aliphatic heterocycles. The van der Waals surface area contributed by atoms with Gasteiger partial charge in [0.1, 0.15) is 0 Å². The topological polar surface area (TPSA) is 62.3 Å². The molecule has 1 heterocycles. The summed E-state index contributed by atoms with van der Waals surface area (Å²) in [6.45, 7) is 3.70. The molecule has 2 unspecified atom stereocenters. The van der Waals surface area contributed by atoms with Crippen molar-refractivity contribution in [2.45, 2.75) is 37.6 Å². The fraction of sp³-hybridized carbons (Fsp3) is 0.588. The second-order valence-electron chi connectivity index (χ2n) is 6.25. The first-order valence-electron chi connectivity index (χ1n) is 8.00. The zero-order valence-electron chi connectivity index (χ0n) is 12.7. The lowest BCUT2D eigenvalue weighted by Gasteiger charge is -2.39. The minimum Gasteiger partial charge on any atom is -0.397 e. The Kier molecular flexibility index (Phi) is 4.87. The number of hydrogen-bond donors (Lipinski definition) is 1. The molecule has 2 aliphatic rings. The van der Waals surface area contributed by atoms with Crippen LogP contribution in [0, 0.1) is 11.3 Å². The van der Waals surface area contributed by atoms with Crippen molar-refractivity contribution >= 4 is 17.3 Å². The summed E-state index contributed by atoms with van der Waals surface area (Å²) in [5, 5.41) is 9.79. The molecule has 0 spiro atoms. The summed E-state index contributed by atoms with van der Waals surface area (Å²) >= 11 is 6.42. The molecule has 118 valence electrons. The van der Waals surface area contributed by atoms with E-state index < -0.39 is 0 Å². The van der Waals surface area contributed by atoms with Crippen molar-refractivity contribution < 1.29 is 4.74 Å². The number of nitrogens with zero attached hydrogens (tertiary/aromatic N) is 2. The van der Waals surface area contributed by atoms with Crippen LogP contribution in [0.1, 0.15) is 42.7 Å². The summed E-state index contributed by atoms with van der Waals surface area (Å²) in [4.78, 5) is 2.54. The van der Waals surface area contributed by atoms with E-state index in [9.17, 15) is 0 Å². The zero-order valence-corrected chi connectivity index (χ0v) is 13.5. The normalized spacial score (nSPS) is 26.5. The Hall–Kier alpha value is -1.28. The van der Waals surface area contributed by atoms with E-state index in [1.807, 2.05) is 6.07 Å². The first kappa shape index (κ1) is 15.6. The summed E-state index contributed by atoms with van der Waals surface area (Å²) in [5.74, 6) is 0.393. The predicted octanol–water partition coefficient (Wildman–Crippen LogP) is 3.15. The van der Waals surface area contributed by atoms with Gasteiger partial charge in [0.15, 0.2) is 0 Å². The Morgan fingerprint density at radius 3 is 2.77 bits per heavy atom. The van der Waals surface area contributed by atoms with Gasteiger partial charge in [-0.15, -0.1) is 0 Å². The number of hydrogen-bond acceptors (Lipinski definition) is 4. The second-order valence-corrected chi connectivity index (χ2v) is 6.62. The number of anilines is 1. The molecular weight excluding hydrogens is 298 g/mol. The molecule has 0 aromatic heterocycles. The first-order chi connectivity index (χ1) is 10.7. The van der Waals surface area contributed by atoms with E-state index in [2.05, 4.69) is 11.0 Å². The number of nitriles is 1. The van der Waals surface area contributed by atoms with E-state index in [1.54, 1.807) is 6.07 Å². The van der Waals surface area contributed by atoms with Gasteiger partial charge in [-0.2, -0.15) is 5.26 Å². The largest absolute Gasteiger partial charge is 0.397 e. The molecule has 22 heavy (non-hydrogen) atoms. The lowest BCUT2D eigenvalue weighted by atomic mass is 9.80. The van der Waals surface area contributed by atoms with Gasteiger partial charge >= 0.3 is 0 Å². The molecule has 0 amide bonds. The van der Waals surface area contributed by atoms with Crippen LogP contribution in [0.2, 0.25) is 5.02 Å². The smallest absolute Gasteiger partial charge is 0.0992 e. The van der Waals surface area contributed by atoms with Crippen LogP contribution in [-0.2, 0) is 4.74 Å². The van der Waals surface area contributed by atoms with Gasteiger partial charge in [0.2, 0.25) is 0 Å². The fourth-order valence-electron chi connectivity index (χ4n) is 3.75. The Labute approximate surface area is 136 Å². The number of benzene rings is 1. The summed E-state index contributed by atoms with van der Waals surface area (Å²) in [7, 11) is 0. The van der Waals surface area contributed by atoms with Crippen LogP contribution in [0.4, 0.5) is 5.69 Å². The Bertz CT molecular complexity index is 578. The van der Waals surface area contributed by atoms with Crippen molar-refractivity contribution in [3.05, 3.63) is 28.3 Å². The number of nitrogen functional groups attached to an aromatic ring is 1. The van der Waals surface area contributed by atoms with Gasteiger partial charge in [0.05, 0.1) is 35.6 Å². The standard InChI is InChI=1S/C17H22ClN3O/c18-17-15(8-12(11-19)9-16(17)20)13-2-1-3-14(10-13)21-4-6-22-7-5-21/h8-9,13-14H,1-7,10,20H2. The molecule has 4 nitrogen and oxygen atoms in total. The Balaban J connectivity index is 1.80. The molecular formula is C17H22ClN3O. The molecule has 1 aliphatic carbocycles. The summed E-state index contributed by atoms with van der Waals surface area (Å²) in [6, 6.07) is 6.35. The van der Waals surface area contributed by atoms with E-state index in [0.29, 0.717) is 28.2 Å². The van der Waals surface area contributed by atoms with Crippen LogP contribution >= 0.6 is 11.6 Å². The average molecular weight is 320 g/mol. The van der Waals surface area contributed by atoms with Crippen molar-refractivity contribution in [1.29, 1.82) is 5.26 Å². The molecule has 1 saturated carbocycles. The minimum absolute atomic E-state index is 0.393. The lowest BCUT2D eigenvalue weighted by Crippen LogP contribution is -2.45. The van der Waals surface area contributed by atoms with Crippen LogP contribution in [-0.4, -0.2) is 37.2 Å². The van der Waals surface area contributed by atoms with Crippen LogP contribution in [0.15, 0.2) is 12.1 Å². The molecule has 1 aromatic rings. The number of morpholine rings is 1. The highest BCUT2D eigenvalue weighted by molar-refractivity contribution is 6.34. The van der Waals surface area contributed by atoms with Gasteiger partial charge in [-0.05, 0) is 42.9 Å². The molecule has 1 saturated heterocycles. The summed E-state index contributed by atoms with van der Waals surface area (Å²) in [5.41, 5.74) is 8.14. The molecule has 3 rings (SSSR count). The monoisotopic (exact) mass is 319 g/mol. The minimum atomic E-state index is 0.393. The molecule has 2 N–H and O–H groups in total. The van der Waals surface area contributed by atoms with E-state index in [0.717, 1.165) is 44.7 Å². The van der Waals surface area contributed by atoms with Gasteiger partial charge in [0.25, 0.3) is 0 Å². The summed E-state index contributed by atoms with van der Waals surface area (Å²) in [6.07, 6.45) is 4.64. The number of halogens is 1. The van der Waals surface area contributed by atoms with Gasteiger partial charge < -0.3 is 10.5 Å². The Morgan fingerprint density at radius 2 is 2.05 bits per heavy atom. The van der Waals surface area contributed by atoms with Crippen molar-refractivity contribution in [2.75, 3.05) is 32.0 Å². The van der Waals surface area contributed by atoms with Crippen molar-refractivity contribution in [3.8, 4) is 6.07 Å². The highest BCUT2D eigenvalue weighted by Gasteiger charge is 2.30. The Morgan fingerprint density at radius 1 is 1.27 bits per heavy atom. The molecule has 0 bridgehead atoms. The quantitative estimate of drug-likeness (QED) is 0.851. The van der Waals surface area contributed by atoms with Crippen molar-refractivity contribution in [3.63, 3.8) is 0 Å². The van der Waals surface area contributed by atoms with Gasteiger partial charge in [-0.1, -0.05) is 18.0 Å². The molecule has 5 heteroatoms. The number of ether oxygens (including phenoxy) is 1. The van der Waals surface area contributed by atoms with Crippen molar-refractivity contribution in [1.82, 2.24) is 4.90 Å². The second kappa shape index (κ2) is 6.87. The predicted molar refractivity (Wildman–Crippen MR) is 88.0 cm³/mol. The third-order valence-electron chi connectivity index (χ3n) is 4.91. The molecule has 2 atom stereocenters. The third-order valence-corrected chi connectivity index (χ3v) is 5.34. The zero-order chi connectivity index (χ0) is 15.5. The maximum Gasteiger partial charge on any atom is 0.0992 e. The van der Waals surface area contributed by atoms with Crippen LogP contribution in [0.3, 0.4) is 0 Å². The van der Waals surface area contributed by atoms with E-state index >= 15 is 0 Å². The maximum atomic E-state index is 9.16. The van der Waals surface area contributed by atoms with Crippen LogP contribution in [0.25, 0.3) is 0 Å². The van der Waals surface area contributed by atoms with Crippen LogP contribution in [0.5, 0.6) is 0 Å². The average Bonchev–Trinajstić information content (AvgIpc) is 2.58. The van der Waals surface area contributed by atoms with E-state index in [1.165, 1.54) is 12.8 Å². The molecule has 2 fully saturated rings. The molecule has 0 radical (unpaired) electrons. The SMILES string of the molecule is N#Cc1cc(N)c(Cl)c(C2CCCC(N3CCOCC3)C2)c1. The van der Waals surface area contributed by atoms with E-state index in [4.69, 9.17) is 27.3 Å². The van der Waals surface area contributed by atoms with Gasteiger partial charge in [-0.25, -0.2) is 0 Å². The number of rotatable bonds is 2. The summed E-state index contributed by atoms with van der Waals surface area (Å²) < 4.78 is 5.45. The first-order valence-corrected chi connectivity index (χ1v) is 8.37. The van der Waals surface area contributed by atoms with Crippen LogP contribution < -0.4 is 5.73 Å². The maximum absolute atomic E-state index is 9.16. The van der Waals surface area contributed by atoms with Crippen molar-refractivity contribution in [2.24, 2.45) is 0 Å². The highest BCUT2D eigenvalue weighted by Crippen LogP contribution is 2.40. The highest BCUT2D eigenvalue weighted by atomic mass is 35.5.